The highest BCUT2D eigenvalue weighted by atomic mass is 16.2. The predicted octanol–water partition coefficient (Wildman–Crippen LogP) is 0.257. The number of aryl methyl sites for hydroxylation is 1. The molecule has 1 aliphatic rings. The van der Waals surface area contributed by atoms with Gasteiger partial charge < -0.3 is 10.3 Å². The molecule has 1 fully saturated rings. The fraction of sp³-hybridized carbons (Fsp3) is 0.600. The van der Waals surface area contributed by atoms with Gasteiger partial charge in [-0.2, -0.15) is 0 Å². The van der Waals surface area contributed by atoms with Gasteiger partial charge in [-0.25, -0.2) is 4.98 Å². The van der Waals surface area contributed by atoms with Crippen LogP contribution in [0.5, 0.6) is 0 Å². The van der Waals surface area contributed by atoms with Gasteiger partial charge in [0.05, 0.1) is 11.6 Å². The molecule has 0 radical (unpaired) electrons. The van der Waals surface area contributed by atoms with Gasteiger partial charge in [-0.1, -0.05) is 0 Å². The molecular formula is C10H16N4O. The molecule has 15 heavy (non-hydrogen) atoms. The second-order valence-electron chi connectivity index (χ2n) is 4.48. The first-order valence-electron chi connectivity index (χ1n) is 5.06. The highest BCUT2D eigenvalue weighted by molar-refractivity contribution is 5.86. The summed E-state index contributed by atoms with van der Waals surface area (Å²) >= 11 is 0. The number of amides is 1. The first kappa shape index (κ1) is 10.2. The quantitative estimate of drug-likeness (QED) is 0.620. The molecule has 0 spiro atoms. The maximum atomic E-state index is 11.5. The Morgan fingerprint density at radius 1 is 1.53 bits per heavy atom. The van der Waals surface area contributed by atoms with Crippen LogP contribution in [0.2, 0.25) is 0 Å². The molecule has 1 amide bonds. The van der Waals surface area contributed by atoms with E-state index in [1.54, 1.807) is 6.20 Å². The van der Waals surface area contributed by atoms with Crippen molar-refractivity contribution < 1.29 is 4.79 Å². The number of carbonyl (C=O) groups is 1. The number of rotatable bonds is 1. The van der Waals surface area contributed by atoms with Gasteiger partial charge in [-0.05, 0) is 20.8 Å². The van der Waals surface area contributed by atoms with Crippen molar-refractivity contribution in [3.63, 3.8) is 0 Å². The second-order valence-corrected chi connectivity index (χ2v) is 4.48. The molecule has 0 aliphatic carbocycles. The summed E-state index contributed by atoms with van der Waals surface area (Å²) in [6, 6.07) is 0.0615. The first-order chi connectivity index (χ1) is 6.99. The molecule has 3 N–H and O–H groups in total. The van der Waals surface area contributed by atoms with Gasteiger partial charge >= 0.3 is 0 Å². The molecule has 0 saturated carbocycles. The Labute approximate surface area is 88.7 Å². The molecule has 82 valence electrons. The highest BCUT2D eigenvalue weighted by Crippen LogP contribution is 2.17. The van der Waals surface area contributed by atoms with Crippen molar-refractivity contribution >= 4 is 5.91 Å². The summed E-state index contributed by atoms with van der Waals surface area (Å²) in [6.45, 7) is 6.27. The normalized spacial score (nSPS) is 25.0. The summed E-state index contributed by atoms with van der Waals surface area (Å²) in [5.41, 5.74) is 0.491. The molecule has 1 aliphatic heterocycles. The van der Waals surface area contributed by atoms with Crippen LogP contribution in [0.15, 0.2) is 6.20 Å². The zero-order valence-corrected chi connectivity index (χ0v) is 9.22. The molecular weight excluding hydrogens is 192 g/mol. The number of nitrogens with one attached hydrogen (secondary N) is 3. The van der Waals surface area contributed by atoms with E-state index >= 15 is 0 Å². The van der Waals surface area contributed by atoms with Crippen LogP contribution in [0, 0.1) is 6.92 Å². The lowest BCUT2D eigenvalue weighted by Gasteiger charge is -2.35. The van der Waals surface area contributed by atoms with E-state index in [-0.39, 0.29) is 11.9 Å². The van der Waals surface area contributed by atoms with Crippen molar-refractivity contribution in [2.45, 2.75) is 32.4 Å². The van der Waals surface area contributed by atoms with Crippen LogP contribution in [0.25, 0.3) is 0 Å². The Hall–Kier alpha value is -1.36. The monoisotopic (exact) mass is 208 g/mol. The number of piperazine rings is 1. The SMILES string of the molecule is Cc1cnc(C2CNC(=O)C(C)(C)N2)[nH]1. The van der Waals surface area contributed by atoms with E-state index in [9.17, 15) is 4.79 Å². The van der Waals surface area contributed by atoms with E-state index in [2.05, 4.69) is 20.6 Å². The smallest absolute Gasteiger partial charge is 0.239 e. The zero-order chi connectivity index (χ0) is 11.1. The molecule has 2 rings (SSSR count). The largest absolute Gasteiger partial charge is 0.352 e. The van der Waals surface area contributed by atoms with Gasteiger partial charge in [-0.3, -0.25) is 10.1 Å². The molecule has 5 nitrogen and oxygen atoms in total. The number of hydrogen-bond donors (Lipinski definition) is 3. The summed E-state index contributed by atoms with van der Waals surface area (Å²) in [5.74, 6) is 0.905. The van der Waals surface area contributed by atoms with Crippen molar-refractivity contribution in [2.24, 2.45) is 0 Å². The lowest BCUT2D eigenvalue weighted by molar-refractivity contribution is -0.128. The molecule has 0 aromatic carbocycles. The van der Waals surface area contributed by atoms with Gasteiger partial charge in [0.15, 0.2) is 0 Å². The van der Waals surface area contributed by atoms with E-state index in [4.69, 9.17) is 0 Å². The Bertz CT molecular complexity index is 383. The third kappa shape index (κ3) is 1.87. The lowest BCUT2D eigenvalue weighted by Crippen LogP contribution is -2.61. The number of nitrogens with zero attached hydrogens (tertiary/aromatic N) is 1. The summed E-state index contributed by atoms with van der Waals surface area (Å²) in [7, 11) is 0. The van der Waals surface area contributed by atoms with E-state index in [1.807, 2.05) is 20.8 Å². The maximum Gasteiger partial charge on any atom is 0.239 e. The van der Waals surface area contributed by atoms with Crippen LogP contribution >= 0.6 is 0 Å². The first-order valence-corrected chi connectivity index (χ1v) is 5.06. The Morgan fingerprint density at radius 3 is 2.80 bits per heavy atom. The molecule has 0 bridgehead atoms. The fourth-order valence-electron chi connectivity index (χ4n) is 1.74. The molecule has 1 saturated heterocycles. The average Bonchev–Trinajstić information content (AvgIpc) is 2.57. The summed E-state index contributed by atoms with van der Waals surface area (Å²) < 4.78 is 0. The minimum atomic E-state index is -0.538. The third-order valence-electron chi connectivity index (χ3n) is 2.62. The lowest BCUT2D eigenvalue weighted by atomic mass is 9.99. The predicted molar refractivity (Wildman–Crippen MR) is 56.3 cm³/mol. The van der Waals surface area contributed by atoms with E-state index in [0.717, 1.165) is 11.5 Å². The maximum absolute atomic E-state index is 11.5. The second kappa shape index (κ2) is 3.34. The summed E-state index contributed by atoms with van der Waals surface area (Å²) in [6.07, 6.45) is 1.79. The minimum Gasteiger partial charge on any atom is -0.352 e. The molecule has 2 heterocycles. The standard InChI is InChI=1S/C10H16N4O/c1-6-4-11-8(13-6)7-5-12-9(15)10(2,3)14-7/h4,7,14H,5H2,1-3H3,(H,11,13)(H,12,15). The van der Waals surface area contributed by atoms with E-state index in [0.29, 0.717) is 6.54 Å². The number of imidazole rings is 1. The number of aromatic amines is 1. The van der Waals surface area contributed by atoms with Crippen LogP contribution < -0.4 is 10.6 Å². The van der Waals surface area contributed by atoms with Crippen LogP contribution in [0.1, 0.15) is 31.4 Å². The Kier molecular flexibility index (Phi) is 2.26. The highest BCUT2D eigenvalue weighted by Gasteiger charge is 2.35. The number of aromatic nitrogens is 2. The Morgan fingerprint density at radius 2 is 2.27 bits per heavy atom. The average molecular weight is 208 g/mol. The van der Waals surface area contributed by atoms with Gasteiger partial charge in [0, 0.05) is 18.4 Å². The minimum absolute atomic E-state index is 0.0297. The van der Waals surface area contributed by atoms with Crippen molar-refractivity contribution in [1.29, 1.82) is 0 Å². The van der Waals surface area contributed by atoms with Crippen LogP contribution in [-0.2, 0) is 4.79 Å². The number of H-pyrrole nitrogens is 1. The van der Waals surface area contributed by atoms with Crippen LogP contribution in [0.4, 0.5) is 0 Å². The number of hydrogen-bond acceptors (Lipinski definition) is 3. The fourth-order valence-corrected chi connectivity index (χ4v) is 1.74. The molecule has 1 atom stereocenters. The van der Waals surface area contributed by atoms with Crippen molar-refractivity contribution in [3.8, 4) is 0 Å². The van der Waals surface area contributed by atoms with Crippen molar-refractivity contribution in [2.75, 3.05) is 6.54 Å². The van der Waals surface area contributed by atoms with E-state index < -0.39 is 5.54 Å². The molecule has 1 aromatic heterocycles. The molecule has 5 heteroatoms. The molecule has 1 unspecified atom stereocenters. The molecule has 1 aromatic rings. The summed E-state index contributed by atoms with van der Waals surface area (Å²) in [5, 5.41) is 6.13. The van der Waals surface area contributed by atoms with Gasteiger partial charge in [0.25, 0.3) is 0 Å². The third-order valence-corrected chi connectivity index (χ3v) is 2.62. The van der Waals surface area contributed by atoms with Gasteiger partial charge in [0.1, 0.15) is 5.82 Å². The van der Waals surface area contributed by atoms with Crippen molar-refractivity contribution in [3.05, 3.63) is 17.7 Å². The van der Waals surface area contributed by atoms with Crippen LogP contribution in [-0.4, -0.2) is 28.0 Å². The summed E-state index contributed by atoms with van der Waals surface area (Å²) in [4.78, 5) is 18.9. The number of carbonyl (C=O) groups excluding carboxylic acids is 1. The topological polar surface area (TPSA) is 69.8 Å². The van der Waals surface area contributed by atoms with Gasteiger partial charge in [-0.15, -0.1) is 0 Å². The Balaban J connectivity index is 2.16. The zero-order valence-electron chi connectivity index (χ0n) is 9.22. The van der Waals surface area contributed by atoms with Crippen LogP contribution in [0.3, 0.4) is 0 Å². The van der Waals surface area contributed by atoms with Crippen molar-refractivity contribution in [1.82, 2.24) is 20.6 Å². The van der Waals surface area contributed by atoms with E-state index in [1.165, 1.54) is 0 Å². The van der Waals surface area contributed by atoms with Gasteiger partial charge in [0.2, 0.25) is 5.91 Å².